The molecule has 1 N–H and O–H groups in total. The van der Waals surface area contributed by atoms with Crippen molar-refractivity contribution in [3.63, 3.8) is 0 Å². The second kappa shape index (κ2) is 8.79. The number of nitrogens with one attached hydrogen (secondary N) is 1. The summed E-state index contributed by atoms with van der Waals surface area (Å²) in [6, 6.07) is 15.5. The molecule has 0 spiro atoms. The molecule has 3 rings (SSSR count). The van der Waals surface area contributed by atoms with Gasteiger partial charge in [-0.3, -0.25) is 4.79 Å². The first kappa shape index (κ1) is 19.1. The fourth-order valence-corrected chi connectivity index (χ4v) is 4.24. The highest BCUT2D eigenvalue weighted by Gasteiger charge is 2.26. The van der Waals surface area contributed by atoms with Crippen LogP contribution in [0.25, 0.3) is 0 Å². The predicted molar refractivity (Wildman–Crippen MR) is 103 cm³/mol. The molecule has 142 valence electrons. The fraction of sp³-hybridized carbons (Fsp3) is 0.263. The Bertz CT molecular complexity index is 890. The van der Waals surface area contributed by atoms with Crippen molar-refractivity contribution in [1.29, 1.82) is 0 Å². The second-order valence-electron chi connectivity index (χ2n) is 6.10. The van der Waals surface area contributed by atoms with Gasteiger partial charge in [-0.25, -0.2) is 8.42 Å². The van der Waals surface area contributed by atoms with Crippen LogP contribution >= 0.6 is 0 Å². The summed E-state index contributed by atoms with van der Waals surface area (Å²) in [6.07, 6.45) is 3.30. The van der Waals surface area contributed by atoms with Crippen molar-refractivity contribution in [2.75, 3.05) is 25.0 Å². The summed E-state index contributed by atoms with van der Waals surface area (Å²) in [5.41, 5.74) is 1.36. The molecule has 2 aromatic carbocycles. The molecule has 8 heteroatoms. The number of anilines is 1. The molecule has 1 amide bonds. The molecule has 7 nitrogen and oxygen atoms in total. The molecule has 0 aromatic heterocycles. The van der Waals surface area contributed by atoms with E-state index < -0.39 is 10.0 Å². The van der Waals surface area contributed by atoms with E-state index in [0.717, 1.165) is 18.4 Å². The summed E-state index contributed by atoms with van der Waals surface area (Å²) < 4.78 is 26.4. The lowest BCUT2D eigenvalue weighted by Gasteiger charge is -2.15. The quantitative estimate of drug-likeness (QED) is 0.584. The van der Waals surface area contributed by atoms with E-state index in [-0.39, 0.29) is 17.4 Å². The van der Waals surface area contributed by atoms with E-state index in [0.29, 0.717) is 18.8 Å². The van der Waals surface area contributed by atoms with Gasteiger partial charge in [0.25, 0.3) is 5.91 Å². The van der Waals surface area contributed by atoms with E-state index in [1.807, 2.05) is 30.3 Å². The summed E-state index contributed by atoms with van der Waals surface area (Å²) in [4.78, 5) is 17.1. The zero-order valence-corrected chi connectivity index (χ0v) is 15.6. The van der Waals surface area contributed by atoms with Gasteiger partial charge in [-0.1, -0.05) is 35.5 Å². The molecule has 1 saturated heterocycles. The summed E-state index contributed by atoms with van der Waals surface area (Å²) in [5, 5.41) is 6.39. The van der Waals surface area contributed by atoms with Crippen molar-refractivity contribution in [2.24, 2.45) is 5.16 Å². The number of hydrogen-bond donors (Lipinski definition) is 1. The first-order valence-corrected chi connectivity index (χ1v) is 10.1. The number of sulfonamides is 1. The minimum atomic E-state index is -3.45. The van der Waals surface area contributed by atoms with Gasteiger partial charge in [0.15, 0.2) is 6.61 Å². The Balaban J connectivity index is 1.50. The van der Waals surface area contributed by atoms with Gasteiger partial charge in [-0.05, 0) is 42.7 Å². The normalized spacial score (nSPS) is 15.1. The molecule has 0 saturated carbocycles. The number of amides is 1. The Morgan fingerprint density at radius 1 is 1.07 bits per heavy atom. The summed E-state index contributed by atoms with van der Waals surface area (Å²) in [7, 11) is -3.45. The minimum Gasteiger partial charge on any atom is -0.386 e. The SMILES string of the molecule is O=C(CO/N=C\c1ccccc1)Nc1ccc(S(=O)(=O)N2CCCC2)cc1. The van der Waals surface area contributed by atoms with Crippen molar-refractivity contribution < 1.29 is 18.0 Å². The standard InChI is InChI=1S/C19H21N3O4S/c23-19(15-26-20-14-16-6-2-1-3-7-16)21-17-8-10-18(11-9-17)27(24,25)22-12-4-5-13-22/h1-3,6-11,14H,4-5,12-13,15H2,(H,21,23)/b20-14-. The van der Waals surface area contributed by atoms with E-state index in [4.69, 9.17) is 4.84 Å². The predicted octanol–water partition coefficient (Wildman–Crippen LogP) is 2.46. The minimum absolute atomic E-state index is 0.228. The molecular weight excluding hydrogens is 366 g/mol. The average Bonchev–Trinajstić information content (AvgIpc) is 3.22. The highest BCUT2D eigenvalue weighted by molar-refractivity contribution is 7.89. The summed E-state index contributed by atoms with van der Waals surface area (Å²) >= 11 is 0. The first-order valence-electron chi connectivity index (χ1n) is 8.66. The zero-order valence-electron chi connectivity index (χ0n) is 14.7. The summed E-state index contributed by atoms with van der Waals surface area (Å²) in [5.74, 6) is -0.379. The average molecular weight is 387 g/mol. The van der Waals surface area contributed by atoms with E-state index in [1.165, 1.54) is 22.7 Å². The van der Waals surface area contributed by atoms with Crippen LogP contribution in [0, 0.1) is 0 Å². The number of oxime groups is 1. The van der Waals surface area contributed by atoms with Crippen molar-refractivity contribution in [2.45, 2.75) is 17.7 Å². The van der Waals surface area contributed by atoms with E-state index in [2.05, 4.69) is 10.5 Å². The Kier molecular flexibility index (Phi) is 6.20. The van der Waals surface area contributed by atoms with Gasteiger partial charge < -0.3 is 10.2 Å². The number of nitrogens with zero attached hydrogens (tertiary/aromatic N) is 2. The fourth-order valence-electron chi connectivity index (χ4n) is 2.72. The van der Waals surface area contributed by atoms with Gasteiger partial charge in [-0.2, -0.15) is 4.31 Å². The maximum absolute atomic E-state index is 12.5. The highest BCUT2D eigenvalue weighted by atomic mass is 32.2. The number of carbonyl (C=O) groups is 1. The Hall–Kier alpha value is -2.71. The number of carbonyl (C=O) groups excluding carboxylic acids is 1. The van der Waals surface area contributed by atoms with Gasteiger partial charge in [0.1, 0.15) is 0 Å². The molecule has 27 heavy (non-hydrogen) atoms. The van der Waals surface area contributed by atoms with Crippen LogP contribution in [0.5, 0.6) is 0 Å². The molecule has 0 radical (unpaired) electrons. The number of rotatable bonds is 7. The van der Waals surface area contributed by atoms with Crippen LogP contribution in [-0.4, -0.2) is 44.5 Å². The van der Waals surface area contributed by atoms with Crippen molar-refractivity contribution >= 4 is 27.8 Å². The molecule has 1 fully saturated rings. The van der Waals surface area contributed by atoms with Crippen LogP contribution in [0.1, 0.15) is 18.4 Å². The molecule has 0 bridgehead atoms. The lowest BCUT2D eigenvalue weighted by Crippen LogP contribution is -2.27. The Labute approximate surface area is 158 Å². The third-order valence-corrected chi connectivity index (χ3v) is 6.03. The molecule has 0 aliphatic carbocycles. The number of benzene rings is 2. The zero-order chi connectivity index (χ0) is 19.1. The topological polar surface area (TPSA) is 88.1 Å². The van der Waals surface area contributed by atoms with E-state index in [9.17, 15) is 13.2 Å². The van der Waals surface area contributed by atoms with Crippen LogP contribution in [0.2, 0.25) is 0 Å². The van der Waals surface area contributed by atoms with E-state index >= 15 is 0 Å². The van der Waals surface area contributed by atoms with Gasteiger partial charge >= 0.3 is 0 Å². The Morgan fingerprint density at radius 2 is 1.74 bits per heavy atom. The molecule has 0 atom stereocenters. The molecular formula is C19H21N3O4S. The summed E-state index contributed by atoms with van der Waals surface area (Å²) in [6.45, 7) is 0.875. The third-order valence-electron chi connectivity index (χ3n) is 4.11. The van der Waals surface area contributed by atoms with E-state index in [1.54, 1.807) is 12.1 Å². The monoisotopic (exact) mass is 387 g/mol. The smallest absolute Gasteiger partial charge is 0.265 e. The molecule has 1 aliphatic rings. The lowest BCUT2D eigenvalue weighted by molar-refractivity contribution is -0.120. The van der Waals surface area contributed by atoms with Crippen molar-refractivity contribution in [3.8, 4) is 0 Å². The maximum atomic E-state index is 12.5. The highest BCUT2D eigenvalue weighted by Crippen LogP contribution is 2.22. The third kappa shape index (κ3) is 5.15. The van der Waals surface area contributed by atoms with Crippen molar-refractivity contribution in [3.05, 3.63) is 60.2 Å². The number of hydrogen-bond acceptors (Lipinski definition) is 5. The van der Waals surface area contributed by atoms with Crippen LogP contribution in [0.15, 0.2) is 64.6 Å². The second-order valence-corrected chi connectivity index (χ2v) is 8.04. The van der Waals surface area contributed by atoms with Crippen molar-refractivity contribution in [1.82, 2.24) is 4.31 Å². The molecule has 2 aromatic rings. The van der Waals surface area contributed by atoms with Gasteiger partial charge in [0.2, 0.25) is 10.0 Å². The van der Waals surface area contributed by atoms with Crippen LogP contribution in [0.3, 0.4) is 0 Å². The Morgan fingerprint density at radius 3 is 2.41 bits per heavy atom. The molecule has 1 aliphatic heterocycles. The maximum Gasteiger partial charge on any atom is 0.265 e. The van der Waals surface area contributed by atoms with Gasteiger partial charge in [0.05, 0.1) is 11.1 Å². The molecule has 0 unspecified atom stereocenters. The van der Waals surface area contributed by atoms with Crippen LogP contribution in [0.4, 0.5) is 5.69 Å². The van der Waals surface area contributed by atoms with Gasteiger partial charge in [0, 0.05) is 18.8 Å². The van der Waals surface area contributed by atoms with Crippen LogP contribution < -0.4 is 5.32 Å². The first-order chi connectivity index (χ1) is 13.1. The van der Waals surface area contributed by atoms with Crippen LogP contribution in [-0.2, 0) is 19.7 Å². The molecule has 1 heterocycles. The van der Waals surface area contributed by atoms with Gasteiger partial charge in [-0.15, -0.1) is 0 Å². The lowest BCUT2D eigenvalue weighted by atomic mass is 10.2. The largest absolute Gasteiger partial charge is 0.386 e.